The minimum absolute atomic E-state index is 0.0890. The van der Waals surface area contributed by atoms with Crippen LogP contribution < -0.4 is 11.2 Å². The maximum atomic E-state index is 12.1. The highest BCUT2D eigenvalue weighted by Crippen LogP contribution is 2.18. The number of carbonyl (C=O) groups excluding carboxylic acids is 1. The molecule has 0 saturated heterocycles. The zero-order valence-electron chi connectivity index (χ0n) is 15.2. The van der Waals surface area contributed by atoms with Crippen molar-refractivity contribution in [3.05, 3.63) is 23.5 Å². The number of ether oxygens (including phenoxy) is 1. The van der Waals surface area contributed by atoms with E-state index in [2.05, 4.69) is 17.0 Å². The first-order valence-corrected chi connectivity index (χ1v) is 7.72. The van der Waals surface area contributed by atoms with Gasteiger partial charge in [-0.1, -0.05) is 39.0 Å². The standard InChI is InChI=1S/C16H29ClN4O2/c1-11(9-18)13(19-12(2)17)21(10-15(3,4)5)20-14(22)23-16(6,7)8/h9H,2,10,18H2,1,3-8H3,(H,20,22)/b11-9-,19-13?. The van der Waals surface area contributed by atoms with Crippen molar-refractivity contribution in [2.24, 2.45) is 16.1 Å². The number of nitrogens with one attached hydrogen (secondary N) is 1. The maximum Gasteiger partial charge on any atom is 0.426 e. The first kappa shape index (κ1) is 21.3. The van der Waals surface area contributed by atoms with Gasteiger partial charge in [-0.25, -0.2) is 15.2 Å². The lowest BCUT2D eigenvalue weighted by Gasteiger charge is -2.33. The summed E-state index contributed by atoms with van der Waals surface area (Å²) in [5, 5.41) is 1.66. The number of hydrogen-bond acceptors (Lipinski definition) is 4. The number of amides is 1. The summed E-state index contributed by atoms with van der Waals surface area (Å²) in [5.41, 5.74) is 8.20. The van der Waals surface area contributed by atoms with Crippen molar-refractivity contribution in [1.82, 2.24) is 10.4 Å². The van der Waals surface area contributed by atoms with E-state index in [0.717, 1.165) is 0 Å². The van der Waals surface area contributed by atoms with Crippen LogP contribution in [0.15, 0.2) is 28.5 Å². The van der Waals surface area contributed by atoms with Crippen LogP contribution in [-0.4, -0.2) is 29.1 Å². The van der Waals surface area contributed by atoms with Crippen LogP contribution in [0.3, 0.4) is 0 Å². The summed E-state index contributed by atoms with van der Waals surface area (Å²) >= 11 is 5.81. The van der Waals surface area contributed by atoms with Gasteiger partial charge in [0.05, 0.1) is 0 Å². The first-order chi connectivity index (χ1) is 10.2. The van der Waals surface area contributed by atoms with Crippen LogP contribution in [0.2, 0.25) is 0 Å². The Morgan fingerprint density at radius 1 is 1.35 bits per heavy atom. The van der Waals surface area contributed by atoms with E-state index in [0.29, 0.717) is 18.0 Å². The second kappa shape index (κ2) is 8.24. The molecule has 1 amide bonds. The molecule has 0 atom stereocenters. The third kappa shape index (κ3) is 9.84. The second-order valence-corrected chi connectivity index (χ2v) is 7.86. The van der Waals surface area contributed by atoms with Crippen LogP contribution in [-0.2, 0) is 4.74 Å². The molecular weight excluding hydrogens is 316 g/mol. The van der Waals surface area contributed by atoms with Crippen molar-refractivity contribution in [1.29, 1.82) is 0 Å². The van der Waals surface area contributed by atoms with Gasteiger partial charge in [-0.2, -0.15) is 0 Å². The molecule has 0 fully saturated rings. The van der Waals surface area contributed by atoms with Gasteiger partial charge in [-0.3, -0.25) is 5.01 Å². The van der Waals surface area contributed by atoms with Crippen LogP contribution in [0.4, 0.5) is 4.79 Å². The molecule has 3 N–H and O–H groups in total. The third-order valence-electron chi connectivity index (χ3n) is 2.34. The minimum Gasteiger partial charge on any atom is -0.443 e. The van der Waals surface area contributed by atoms with Crippen molar-refractivity contribution >= 4 is 23.5 Å². The second-order valence-electron chi connectivity index (χ2n) is 7.42. The molecule has 0 rings (SSSR count). The van der Waals surface area contributed by atoms with Crippen LogP contribution >= 0.6 is 11.6 Å². The average molecular weight is 345 g/mol. The summed E-state index contributed by atoms with van der Waals surface area (Å²) in [6.07, 6.45) is 0.810. The third-order valence-corrected chi connectivity index (χ3v) is 2.43. The number of nitrogens with zero attached hydrogens (tertiary/aromatic N) is 2. The van der Waals surface area contributed by atoms with E-state index in [1.807, 2.05) is 20.8 Å². The Morgan fingerprint density at radius 3 is 2.22 bits per heavy atom. The van der Waals surface area contributed by atoms with E-state index >= 15 is 0 Å². The summed E-state index contributed by atoms with van der Waals surface area (Å²) in [6.45, 7) is 17.3. The zero-order valence-corrected chi connectivity index (χ0v) is 15.9. The van der Waals surface area contributed by atoms with Gasteiger partial charge in [-0.15, -0.1) is 0 Å². The Morgan fingerprint density at radius 2 is 1.87 bits per heavy atom. The number of aliphatic imine (C=N–C) groups is 1. The first-order valence-electron chi connectivity index (χ1n) is 7.34. The summed E-state index contributed by atoms with van der Waals surface area (Å²) in [4.78, 5) is 16.3. The fourth-order valence-electron chi connectivity index (χ4n) is 1.60. The summed E-state index contributed by atoms with van der Waals surface area (Å²) < 4.78 is 5.30. The minimum atomic E-state index is -0.608. The van der Waals surface area contributed by atoms with E-state index in [1.165, 1.54) is 6.20 Å². The van der Waals surface area contributed by atoms with Gasteiger partial charge in [0.2, 0.25) is 0 Å². The van der Waals surface area contributed by atoms with Crippen molar-refractivity contribution in [3.63, 3.8) is 0 Å². The largest absolute Gasteiger partial charge is 0.443 e. The number of hydrogen-bond donors (Lipinski definition) is 2. The van der Waals surface area contributed by atoms with E-state index in [1.54, 1.807) is 32.7 Å². The fourth-order valence-corrected chi connectivity index (χ4v) is 1.68. The molecule has 0 radical (unpaired) electrons. The number of hydrazine groups is 1. The van der Waals surface area contributed by atoms with Gasteiger partial charge in [-0.05, 0) is 33.1 Å². The quantitative estimate of drug-likeness (QED) is 0.353. The molecule has 0 bridgehead atoms. The number of carbonyl (C=O) groups is 1. The van der Waals surface area contributed by atoms with Crippen molar-refractivity contribution in [3.8, 4) is 0 Å². The van der Waals surface area contributed by atoms with Gasteiger partial charge >= 0.3 is 6.09 Å². The monoisotopic (exact) mass is 344 g/mol. The highest BCUT2D eigenvalue weighted by Gasteiger charge is 2.25. The Balaban J connectivity index is 5.58. The normalized spacial score (nSPS) is 13.6. The van der Waals surface area contributed by atoms with E-state index in [-0.39, 0.29) is 10.6 Å². The summed E-state index contributed by atoms with van der Waals surface area (Å²) in [6, 6.07) is 0. The van der Waals surface area contributed by atoms with E-state index in [9.17, 15) is 4.79 Å². The predicted octanol–water partition coefficient (Wildman–Crippen LogP) is 3.75. The molecule has 0 saturated carbocycles. The molecule has 0 aliphatic heterocycles. The summed E-state index contributed by atoms with van der Waals surface area (Å²) in [5.74, 6) is 0.410. The smallest absolute Gasteiger partial charge is 0.426 e. The topological polar surface area (TPSA) is 80.0 Å². The number of rotatable bonds is 3. The highest BCUT2D eigenvalue weighted by molar-refractivity contribution is 6.30. The molecule has 7 heteroatoms. The molecule has 0 spiro atoms. The molecule has 0 aliphatic rings. The molecule has 0 aromatic carbocycles. The summed E-state index contributed by atoms with van der Waals surface area (Å²) in [7, 11) is 0. The Labute approximate surface area is 144 Å². The van der Waals surface area contributed by atoms with Crippen molar-refractivity contribution in [2.75, 3.05) is 6.54 Å². The SMILES string of the molecule is C=C(Cl)N=C(/C(C)=C\N)N(CC(C)(C)C)NC(=O)OC(C)(C)C. The van der Waals surface area contributed by atoms with Crippen molar-refractivity contribution in [2.45, 2.75) is 54.1 Å². The van der Waals surface area contributed by atoms with Gasteiger partial charge in [0.25, 0.3) is 0 Å². The average Bonchev–Trinajstić information content (AvgIpc) is 2.29. The van der Waals surface area contributed by atoms with Gasteiger partial charge in [0.15, 0.2) is 5.84 Å². The van der Waals surface area contributed by atoms with E-state index in [4.69, 9.17) is 22.1 Å². The van der Waals surface area contributed by atoms with Crippen LogP contribution in [0, 0.1) is 5.41 Å². The number of amidine groups is 1. The molecule has 0 aromatic rings. The maximum absolute atomic E-state index is 12.1. The van der Waals surface area contributed by atoms with Crippen LogP contribution in [0.5, 0.6) is 0 Å². The lowest BCUT2D eigenvalue weighted by molar-refractivity contribution is 0.0390. The fraction of sp³-hybridized carbons (Fsp3) is 0.625. The van der Waals surface area contributed by atoms with Crippen molar-refractivity contribution < 1.29 is 9.53 Å². The van der Waals surface area contributed by atoms with Gasteiger partial charge < -0.3 is 10.5 Å². The van der Waals surface area contributed by atoms with Gasteiger partial charge in [0.1, 0.15) is 10.8 Å². The molecular formula is C16H29ClN4O2. The molecule has 0 heterocycles. The predicted molar refractivity (Wildman–Crippen MR) is 95.9 cm³/mol. The number of halogens is 1. The lowest BCUT2D eigenvalue weighted by Crippen LogP contribution is -2.51. The van der Waals surface area contributed by atoms with E-state index < -0.39 is 11.7 Å². The number of nitrogens with two attached hydrogens (primary N) is 1. The Bertz CT molecular complexity index is 499. The molecule has 0 unspecified atom stereocenters. The molecule has 0 aliphatic carbocycles. The highest BCUT2D eigenvalue weighted by atomic mass is 35.5. The van der Waals surface area contributed by atoms with Crippen LogP contribution in [0.1, 0.15) is 48.5 Å². The molecule has 132 valence electrons. The zero-order chi connectivity index (χ0) is 18.4. The van der Waals surface area contributed by atoms with Crippen LogP contribution in [0.25, 0.3) is 0 Å². The Kier molecular flexibility index (Phi) is 7.64. The molecule has 0 aromatic heterocycles. The lowest BCUT2D eigenvalue weighted by atomic mass is 9.96. The molecule has 6 nitrogen and oxygen atoms in total. The Hall–Kier alpha value is -1.69. The van der Waals surface area contributed by atoms with Gasteiger partial charge in [0, 0.05) is 18.3 Å². The molecule has 23 heavy (non-hydrogen) atoms.